The minimum Gasteiger partial charge on any atom is -1.00 e. The summed E-state index contributed by atoms with van der Waals surface area (Å²) in [6.45, 7) is 6.61. The van der Waals surface area contributed by atoms with Crippen LogP contribution in [0.5, 0.6) is 0 Å². The molecule has 0 spiro atoms. The van der Waals surface area contributed by atoms with Gasteiger partial charge in [-0.05, 0) is 56.3 Å². The molecule has 0 N–H and O–H groups in total. The monoisotopic (exact) mass is 701 g/mol. The first kappa shape index (κ1) is 34.0. The molecule has 4 heteroatoms. The van der Waals surface area contributed by atoms with Gasteiger partial charge >= 0.3 is 26.2 Å². The van der Waals surface area contributed by atoms with Gasteiger partial charge < -0.3 is 24.8 Å². The van der Waals surface area contributed by atoms with Crippen molar-refractivity contribution in [2.75, 3.05) is 0 Å². The van der Waals surface area contributed by atoms with Gasteiger partial charge in [-0.3, -0.25) is 0 Å². The molecular weight excluding hydrogens is 671 g/mol. The zero-order valence-corrected chi connectivity index (χ0v) is 30.1. The molecule has 0 nitrogen and oxygen atoms in total. The minimum absolute atomic E-state index is 0. The van der Waals surface area contributed by atoms with Gasteiger partial charge in [0.2, 0.25) is 0 Å². The summed E-state index contributed by atoms with van der Waals surface area (Å²) in [5.74, 6) is 0.275. The molecule has 1 aliphatic carbocycles. The molecule has 44 heavy (non-hydrogen) atoms. The molecule has 0 fully saturated rings. The van der Waals surface area contributed by atoms with E-state index in [9.17, 15) is 0 Å². The van der Waals surface area contributed by atoms with Crippen molar-refractivity contribution in [2.24, 2.45) is 0 Å². The van der Waals surface area contributed by atoms with Gasteiger partial charge in [0.05, 0.1) is 0 Å². The van der Waals surface area contributed by atoms with Crippen LogP contribution in [0.3, 0.4) is 0 Å². The molecule has 7 aromatic rings. The van der Waals surface area contributed by atoms with Crippen LogP contribution in [-0.2, 0) is 26.2 Å². The first-order valence-electron chi connectivity index (χ1n) is 14.6. The van der Waals surface area contributed by atoms with Gasteiger partial charge in [-0.2, -0.15) is 0 Å². The third-order valence-corrected chi connectivity index (χ3v) is 8.60. The third-order valence-electron chi connectivity index (χ3n) is 8.60. The van der Waals surface area contributed by atoms with Crippen LogP contribution in [-0.4, -0.2) is 9.52 Å². The molecule has 0 saturated carbocycles. The summed E-state index contributed by atoms with van der Waals surface area (Å²) in [7, 11) is 1.08. The second-order valence-electron chi connectivity index (χ2n) is 11.0. The van der Waals surface area contributed by atoms with Crippen LogP contribution >= 0.6 is 0 Å². The Morgan fingerprint density at radius 1 is 0.636 bits per heavy atom. The normalized spacial score (nSPS) is 13.3. The minimum atomic E-state index is 0. The van der Waals surface area contributed by atoms with Gasteiger partial charge in [0, 0.05) is 15.4 Å². The number of benzene rings is 6. The topological polar surface area (TPSA) is 0 Å². The standard InChI is InChI=1S/C38H27.C2H6Si.2ClH.Zr/c1-2-24-22-36-33(37(24)32-18-9-17-31-28-14-6-3-13-27(28)23-35(31)32)19-10-20-34(36)38-29-15-7-4-11-25(29)21-26-12-5-8-16-30(26)38;1-3-2;;;/h3-23,37H,2H2,1H3;1-2H3;2*1H;/q-1;;;;+3/p-2. The molecule has 0 bridgehead atoms. The Hall–Kier alpha value is -2.87. The molecule has 1 unspecified atom stereocenters. The third kappa shape index (κ3) is 5.67. The maximum atomic E-state index is 2.49. The summed E-state index contributed by atoms with van der Waals surface area (Å²) in [6, 6.07) is 45.0. The van der Waals surface area contributed by atoms with E-state index in [0.717, 1.165) is 15.9 Å². The molecule has 1 atom stereocenters. The first-order valence-corrected chi connectivity index (χ1v) is 16.6. The smallest absolute Gasteiger partial charge is 1.00 e. The molecule has 0 aromatic heterocycles. The predicted molar refractivity (Wildman–Crippen MR) is 182 cm³/mol. The molecule has 8 rings (SSSR count). The Morgan fingerprint density at radius 2 is 1.18 bits per heavy atom. The van der Waals surface area contributed by atoms with E-state index in [1.54, 1.807) is 0 Å². The van der Waals surface area contributed by atoms with E-state index in [1.165, 1.54) is 76.5 Å². The van der Waals surface area contributed by atoms with Gasteiger partial charge in [0.25, 0.3) is 0 Å². The summed E-state index contributed by atoms with van der Waals surface area (Å²) in [5.41, 5.74) is 8.40. The zero-order chi connectivity index (χ0) is 27.9. The Balaban J connectivity index is 0.000000710. The van der Waals surface area contributed by atoms with E-state index in [-0.39, 0.29) is 56.9 Å². The molecule has 0 heterocycles. The van der Waals surface area contributed by atoms with Crippen LogP contribution in [0.1, 0.15) is 36.0 Å². The average Bonchev–Trinajstić information content (AvgIpc) is 3.59. The van der Waals surface area contributed by atoms with E-state index in [2.05, 4.69) is 147 Å². The van der Waals surface area contributed by atoms with Crippen LogP contribution in [0, 0.1) is 0 Å². The average molecular weight is 704 g/mol. The molecule has 3 radical (unpaired) electrons. The van der Waals surface area contributed by atoms with Crippen molar-refractivity contribution in [3.05, 3.63) is 144 Å². The summed E-state index contributed by atoms with van der Waals surface area (Å²) in [6.07, 6.45) is 3.53. The molecule has 7 aromatic carbocycles. The van der Waals surface area contributed by atoms with E-state index in [1.807, 2.05) is 0 Å². The Morgan fingerprint density at radius 3 is 1.84 bits per heavy atom. The van der Waals surface area contributed by atoms with Crippen molar-refractivity contribution in [1.82, 2.24) is 0 Å². The quantitative estimate of drug-likeness (QED) is 0.131. The summed E-state index contributed by atoms with van der Waals surface area (Å²) >= 11 is 0. The Bertz CT molecular complexity index is 2050. The van der Waals surface area contributed by atoms with Crippen LogP contribution in [0.15, 0.2) is 127 Å². The Kier molecular flexibility index (Phi) is 11.2. The van der Waals surface area contributed by atoms with Crippen molar-refractivity contribution < 1.29 is 51.0 Å². The summed E-state index contributed by atoms with van der Waals surface area (Å²) in [5, 5.41) is 10.6. The number of allylic oxidation sites excluding steroid dienone is 1. The summed E-state index contributed by atoms with van der Waals surface area (Å²) < 4.78 is 0. The maximum absolute atomic E-state index is 2.49. The number of rotatable bonds is 3. The largest absolute Gasteiger partial charge is 3.00 e. The zero-order valence-electron chi connectivity index (χ0n) is 25.2. The van der Waals surface area contributed by atoms with Crippen molar-refractivity contribution in [3.63, 3.8) is 0 Å². The van der Waals surface area contributed by atoms with Gasteiger partial charge in [-0.25, -0.2) is 0 Å². The number of hydrogen-bond donors (Lipinski definition) is 0. The first-order chi connectivity index (χ1) is 20.2. The van der Waals surface area contributed by atoms with Gasteiger partial charge in [-0.15, -0.1) is 33.7 Å². The van der Waals surface area contributed by atoms with Crippen molar-refractivity contribution >= 4 is 58.7 Å². The van der Waals surface area contributed by atoms with Crippen molar-refractivity contribution in [2.45, 2.75) is 32.4 Å². The fourth-order valence-corrected chi connectivity index (χ4v) is 6.91. The molecule has 0 aliphatic heterocycles. The van der Waals surface area contributed by atoms with E-state index in [0.29, 0.717) is 0 Å². The van der Waals surface area contributed by atoms with Gasteiger partial charge in [0.15, 0.2) is 0 Å². The van der Waals surface area contributed by atoms with Crippen molar-refractivity contribution in [3.8, 4) is 11.1 Å². The van der Waals surface area contributed by atoms with E-state index >= 15 is 0 Å². The fraction of sp³-hybridized carbons (Fsp3) is 0.125. The predicted octanol–water partition coefficient (Wildman–Crippen LogP) is 5.42. The molecule has 1 aliphatic rings. The van der Waals surface area contributed by atoms with E-state index < -0.39 is 0 Å². The second-order valence-corrected chi connectivity index (χ2v) is 12.0. The molecule has 0 saturated heterocycles. The van der Waals surface area contributed by atoms with Gasteiger partial charge in [-0.1, -0.05) is 140 Å². The molecule has 215 valence electrons. The van der Waals surface area contributed by atoms with Crippen LogP contribution < -0.4 is 24.8 Å². The molecular formula is C40H33Cl2SiZr. The molecule has 0 amide bonds. The SMILES string of the molecule is CCC1=Cc2c(-c3c4ccccc4cc4ccccc34)cccc2C1c1cccc2c1[cH-]c1ccccc12.C[Si]C.[Cl-].[Cl-].[Zr+3]. The number of halogens is 2. The van der Waals surface area contributed by atoms with Crippen LogP contribution in [0.25, 0.3) is 60.3 Å². The second kappa shape index (κ2) is 14.5. The van der Waals surface area contributed by atoms with Crippen LogP contribution in [0.4, 0.5) is 0 Å². The fourth-order valence-electron chi connectivity index (χ4n) is 6.91. The number of fused-ring (bicyclic) bond motifs is 6. The maximum Gasteiger partial charge on any atom is 3.00 e. The summed E-state index contributed by atoms with van der Waals surface area (Å²) in [4.78, 5) is 0. The number of hydrogen-bond acceptors (Lipinski definition) is 0. The Labute approximate surface area is 294 Å². The van der Waals surface area contributed by atoms with Gasteiger partial charge in [0.1, 0.15) is 0 Å². The van der Waals surface area contributed by atoms with Crippen LogP contribution in [0.2, 0.25) is 13.1 Å². The van der Waals surface area contributed by atoms with E-state index in [4.69, 9.17) is 0 Å². The van der Waals surface area contributed by atoms with Crippen molar-refractivity contribution in [1.29, 1.82) is 0 Å².